The molecule has 2 rings (SSSR count). The third-order valence-corrected chi connectivity index (χ3v) is 4.22. The minimum absolute atomic E-state index is 0. The Balaban J connectivity index is 0.00000392. The van der Waals surface area contributed by atoms with Crippen LogP contribution in [0.4, 0.5) is 0 Å². The molecule has 7 heteroatoms. The van der Waals surface area contributed by atoms with Gasteiger partial charge in [0.25, 0.3) is 0 Å². The van der Waals surface area contributed by atoms with Crippen molar-refractivity contribution in [1.29, 1.82) is 0 Å². The van der Waals surface area contributed by atoms with Gasteiger partial charge in [0.15, 0.2) is 17.5 Å². The molecule has 0 aliphatic heterocycles. The van der Waals surface area contributed by atoms with Crippen LogP contribution in [0.3, 0.4) is 0 Å². The lowest BCUT2D eigenvalue weighted by molar-refractivity contribution is 0.265. The normalized spacial score (nSPS) is 11.9. The molecule has 2 aromatic rings. The van der Waals surface area contributed by atoms with Gasteiger partial charge in [-0.3, -0.25) is 0 Å². The first-order valence-electron chi connectivity index (χ1n) is 9.10. The number of nitrogens with zero attached hydrogens (tertiary/aromatic N) is 1. The lowest BCUT2D eigenvalue weighted by Crippen LogP contribution is -2.39. The van der Waals surface area contributed by atoms with Gasteiger partial charge in [-0.25, -0.2) is 4.99 Å². The molecule has 6 nitrogen and oxygen atoms in total. The summed E-state index contributed by atoms with van der Waals surface area (Å²) in [7, 11) is 3.24. The highest BCUT2D eigenvalue weighted by Crippen LogP contribution is 2.27. The van der Waals surface area contributed by atoms with E-state index >= 15 is 0 Å². The van der Waals surface area contributed by atoms with Crippen molar-refractivity contribution in [1.82, 2.24) is 10.6 Å². The summed E-state index contributed by atoms with van der Waals surface area (Å²) < 4.78 is 10.6. The highest BCUT2D eigenvalue weighted by molar-refractivity contribution is 14.0. The Bertz CT molecular complexity index is 726. The van der Waals surface area contributed by atoms with Gasteiger partial charge < -0.3 is 25.2 Å². The molecule has 0 bridgehead atoms. The third kappa shape index (κ3) is 7.20. The second-order valence-electron chi connectivity index (χ2n) is 6.06. The zero-order valence-electron chi connectivity index (χ0n) is 16.6. The van der Waals surface area contributed by atoms with E-state index in [0.29, 0.717) is 30.5 Å². The highest BCUT2D eigenvalue weighted by atomic mass is 127. The standard InChI is InChI=1S/C21H29N3O3.HI/c1-4-22-21(24-14-18(15-25)17-8-6-5-7-9-17)23-13-16-10-11-19(26-2)20(12-16)27-3;/h5-12,18,25H,4,13-15H2,1-3H3,(H2,22,23,24);1H. The monoisotopic (exact) mass is 499 g/mol. The Kier molecular flexibility index (Phi) is 11.4. The maximum Gasteiger partial charge on any atom is 0.191 e. The van der Waals surface area contributed by atoms with Gasteiger partial charge in [0.2, 0.25) is 0 Å². The quantitative estimate of drug-likeness (QED) is 0.281. The van der Waals surface area contributed by atoms with Crippen molar-refractivity contribution in [3.63, 3.8) is 0 Å². The maximum atomic E-state index is 9.71. The number of benzene rings is 2. The maximum absolute atomic E-state index is 9.71. The van der Waals surface area contributed by atoms with Crippen LogP contribution in [-0.4, -0.2) is 45.0 Å². The number of halogens is 1. The second-order valence-corrected chi connectivity index (χ2v) is 6.06. The van der Waals surface area contributed by atoms with Crippen LogP contribution in [-0.2, 0) is 6.54 Å². The topological polar surface area (TPSA) is 75.1 Å². The predicted molar refractivity (Wildman–Crippen MR) is 124 cm³/mol. The first-order valence-corrected chi connectivity index (χ1v) is 9.10. The molecule has 2 aromatic carbocycles. The van der Waals surface area contributed by atoms with Gasteiger partial charge in [-0.1, -0.05) is 36.4 Å². The van der Waals surface area contributed by atoms with Crippen molar-refractivity contribution in [2.75, 3.05) is 33.9 Å². The summed E-state index contributed by atoms with van der Waals surface area (Å²) in [6.07, 6.45) is 0. The van der Waals surface area contributed by atoms with Crippen LogP contribution in [0.25, 0.3) is 0 Å². The van der Waals surface area contributed by atoms with Gasteiger partial charge in [-0.2, -0.15) is 0 Å². The summed E-state index contributed by atoms with van der Waals surface area (Å²) in [5.41, 5.74) is 2.12. The Morgan fingerprint density at radius 1 is 1.04 bits per heavy atom. The van der Waals surface area contributed by atoms with Crippen LogP contribution in [0.1, 0.15) is 24.0 Å². The van der Waals surface area contributed by atoms with Gasteiger partial charge in [0.05, 0.1) is 27.4 Å². The number of methoxy groups -OCH3 is 2. The van der Waals surface area contributed by atoms with E-state index in [1.807, 2.05) is 55.5 Å². The van der Waals surface area contributed by atoms with Crippen LogP contribution in [0.15, 0.2) is 53.5 Å². The lowest BCUT2D eigenvalue weighted by Gasteiger charge is -2.18. The number of aliphatic hydroxyl groups is 1. The molecule has 0 radical (unpaired) electrons. The fraction of sp³-hybridized carbons (Fsp3) is 0.381. The van der Waals surface area contributed by atoms with Crippen molar-refractivity contribution in [3.8, 4) is 11.5 Å². The smallest absolute Gasteiger partial charge is 0.191 e. The van der Waals surface area contributed by atoms with Gasteiger partial charge in [0, 0.05) is 19.0 Å². The number of rotatable bonds is 9. The molecule has 154 valence electrons. The Morgan fingerprint density at radius 2 is 1.75 bits per heavy atom. The van der Waals surface area contributed by atoms with E-state index in [4.69, 9.17) is 9.47 Å². The average molecular weight is 499 g/mol. The Labute approximate surface area is 184 Å². The zero-order chi connectivity index (χ0) is 19.5. The molecule has 0 aliphatic rings. The van der Waals surface area contributed by atoms with Crippen LogP contribution < -0.4 is 20.1 Å². The van der Waals surface area contributed by atoms with Crippen LogP contribution in [0.2, 0.25) is 0 Å². The molecular weight excluding hydrogens is 469 g/mol. The molecule has 0 heterocycles. The van der Waals surface area contributed by atoms with Crippen molar-refractivity contribution in [2.45, 2.75) is 19.4 Å². The third-order valence-electron chi connectivity index (χ3n) is 4.22. The molecule has 1 unspecified atom stereocenters. The van der Waals surface area contributed by atoms with E-state index in [0.717, 1.165) is 17.7 Å². The largest absolute Gasteiger partial charge is 0.493 e. The average Bonchev–Trinajstić information content (AvgIpc) is 2.72. The van der Waals surface area contributed by atoms with Crippen LogP contribution in [0.5, 0.6) is 11.5 Å². The molecule has 0 amide bonds. The summed E-state index contributed by atoms with van der Waals surface area (Å²) in [6, 6.07) is 15.7. The van der Waals surface area contributed by atoms with Gasteiger partial charge in [-0.15, -0.1) is 24.0 Å². The van der Waals surface area contributed by atoms with E-state index in [1.54, 1.807) is 14.2 Å². The summed E-state index contributed by atoms with van der Waals surface area (Å²) >= 11 is 0. The minimum atomic E-state index is 0. The van der Waals surface area contributed by atoms with Crippen molar-refractivity contribution in [2.24, 2.45) is 4.99 Å². The van der Waals surface area contributed by atoms with Crippen molar-refractivity contribution in [3.05, 3.63) is 59.7 Å². The fourth-order valence-electron chi connectivity index (χ4n) is 2.72. The molecule has 0 fully saturated rings. The van der Waals surface area contributed by atoms with E-state index in [9.17, 15) is 5.11 Å². The van der Waals surface area contributed by atoms with E-state index < -0.39 is 0 Å². The summed E-state index contributed by atoms with van der Waals surface area (Å²) in [5.74, 6) is 2.11. The van der Waals surface area contributed by atoms with E-state index in [2.05, 4.69) is 15.6 Å². The first kappa shape index (κ1) is 24.0. The van der Waals surface area contributed by atoms with Crippen molar-refractivity contribution < 1.29 is 14.6 Å². The zero-order valence-corrected chi connectivity index (χ0v) is 19.0. The number of guanidine groups is 1. The van der Waals surface area contributed by atoms with Crippen molar-refractivity contribution >= 4 is 29.9 Å². The number of aliphatic hydroxyl groups excluding tert-OH is 1. The number of ether oxygens (including phenoxy) is 2. The lowest BCUT2D eigenvalue weighted by atomic mass is 10.0. The number of hydrogen-bond donors (Lipinski definition) is 3. The molecule has 0 spiro atoms. The first-order chi connectivity index (χ1) is 13.2. The summed E-state index contributed by atoms with van der Waals surface area (Å²) in [6.45, 7) is 3.95. The number of hydrogen-bond acceptors (Lipinski definition) is 4. The van der Waals surface area contributed by atoms with E-state index in [-0.39, 0.29) is 36.5 Å². The fourth-order valence-corrected chi connectivity index (χ4v) is 2.72. The van der Waals surface area contributed by atoms with Crippen LogP contribution in [0, 0.1) is 0 Å². The highest BCUT2D eigenvalue weighted by Gasteiger charge is 2.11. The molecule has 0 saturated heterocycles. The predicted octanol–water partition coefficient (Wildman–Crippen LogP) is 3.15. The van der Waals surface area contributed by atoms with Crippen LogP contribution >= 0.6 is 24.0 Å². The molecule has 0 aliphatic carbocycles. The number of aliphatic imine (C=N–C) groups is 1. The van der Waals surface area contributed by atoms with Gasteiger partial charge in [-0.05, 0) is 30.2 Å². The van der Waals surface area contributed by atoms with E-state index in [1.165, 1.54) is 0 Å². The summed E-state index contributed by atoms with van der Waals surface area (Å²) in [4.78, 5) is 4.63. The molecule has 1 atom stereocenters. The number of nitrogens with one attached hydrogen (secondary N) is 2. The second kappa shape index (κ2) is 13.2. The van der Waals surface area contributed by atoms with Gasteiger partial charge in [0.1, 0.15) is 0 Å². The molecule has 0 saturated carbocycles. The molecule has 3 N–H and O–H groups in total. The van der Waals surface area contributed by atoms with Gasteiger partial charge >= 0.3 is 0 Å². The Morgan fingerprint density at radius 3 is 2.36 bits per heavy atom. The minimum Gasteiger partial charge on any atom is -0.493 e. The SMILES string of the molecule is CCNC(=NCc1ccc(OC)c(OC)c1)NCC(CO)c1ccccc1.I. The molecular formula is C21H30IN3O3. The summed E-state index contributed by atoms with van der Waals surface area (Å²) in [5, 5.41) is 16.3. The molecule has 28 heavy (non-hydrogen) atoms. The molecule has 0 aromatic heterocycles. The Hall–Kier alpha value is -2.00.